The van der Waals surface area contributed by atoms with Crippen LogP contribution in [0.3, 0.4) is 0 Å². The van der Waals surface area contributed by atoms with E-state index in [0.717, 1.165) is 0 Å². The lowest BCUT2D eigenvalue weighted by Crippen LogP contribution is -2.43. The summed E-state index contributed by atoms with van der Waals surface area (Å²) in [5.74, 6) is 0. The van der Waals surface area contributed by atoms with Crippen LogP contribution in [-0.4, -0.2) is 22.4 Å². The molecule has 0 radical (unpaired) electrons. The Morgan fingerprint density at radius 1 is 0.850 bits per heavy atom. The van der Waals surface area contributed by atoms with Gasteiger partial charge in [-0.25, -0.2) is 0 Å². The molecule has 0 atom stereocenters. The summed E-state index contributed by atoms with van der Waals surface area (Å²) >= 11 is 9.46. The van der Waals surface area contributed by atoms with Gasteiger partial charge in [0.25, 0.3) is 0 Å². The fraction of sp³-hybridized carbons (Fsp3) is 0. The van der Waals surface area contributed by atoms with Crippen molar-refractivity contribution < 1.29 is 19.8 Å². The molecule has 0 aliphatic rings. The normalized spacial score (nSPS) is 9.20. The molecule has 0 fully saturated rings. The van der Waals surface area contributed by atoms with Gasteiger partial charge in [0.1, 0.15) is 12.2 Å². The van der Waals surface area contributed by atoms with Crippen LogP contribution in [0.1, 0.15) is 0 Å². The van der Waals surface area contributed by atoms with Crippen molar-refractivity contribution >= 4 is 58.2 Å². The molecule has 0 aliphatic heterocycles. The molecule has 10 heteroatoms. The highest BCUT2D eigenvalue weighted by Gasteiger charge is 2.05. The highest BCUT2D eigenvalue weighted by molar-refractivity contribution is 7.80. The zero-order chi connectivity index (χ0) is 15.1. The minimum Gasteiger partial charge on any atom is -0.530 e. The molecule has 1 aromatic rings. The summed E-state index contributed by atoms with van der Waals surface area (Å²) in [4.78, 5) is 20.6. The first-order valence-electron chi connectivity index (χ1n) is 5.05. The van der Waals surface area contributed by atoms with Crippen molar-refractivity contribution in [3.05, 3.63) is 24.3 Å². The molecule has 0 spiro atoms. The number of para-hydroxylation sites is 2. The van der Waals surface area contributed by atoms with Crippen molar-refractivity contribution in [2.45, 2.75) is 0 Å². The second kappa shape index (κ2) is 7.21. The van der Waals surface area contributed by atoms with Crippen molar-refractivity contribution in [3.63, 3.8) is 0 Å². The first-order valence-corrected chi connectivity index (χ1v) is 5.87. The van der Waals surface area contributed by atoms with E-state index in [0.29, 0.717) is 11.4 Å². The number of amides is 2. The molecule has 0 heterocycles. The average molecular weight is 312 g/mol. The Bertz CT molecular complexity index is 515. The molecule has 20 heavy (non-hydrogen) atoms. The smallest absolute Gasteiger partial charge is 0.176 e. The molecule has 0 aliphatic carbocycles. The third kappa shape index (κ3) is 5.46. The minimum absolute atomic E-state index is 0.196. The highest BCUT2D eigenvalue weighted by atomic mass is 32.1. The monoisotopic (exact) mass is 312 g/mol. The van der Waals surface area contributed by atoms with Gasteiger partial charge in [0, 0.05) is 0 Å². The predicted molar refractivity (Wildman–Crippen MR) is 75.9 cm³/mol. The third-order valence-electron chi connectivity index (χ3n) is 1.85. The van der Waals surface area contributed by atoms with Crippen LogP contribution in [0, 0.1) is 0 Å². The Hall–Kier alpha value is -2.46. The van der Waals surface area contributed by atoms with Crippen LogP contribution in [0.25, 0.3) is 0 Å². The molecule has 8 nitrogen and oxygen atoms in total. The van der Waals surface area contributed by atoms with E-state index in [4.69, 9.17) is 24.4 Å². The van der Waals surface area contributed by atoms with Gasteiger partial charge in [-0.2, -0.15) is 0 Å². The van der Waals surface area contributed by atoms with E-state index in [1.54, 1.807) is 24.3 Å². The summed E-state index contributed by atoms with van der Waals surface area (Å²) < 4.78 is 0. The molecule has 2 amide bonds. The van der Waals surface area contributed by atoms with Gasteiger partial charge in [-0.1, -0.05) is 12.1 Å². The number of hydrogen-bond donors (Lipinski definition) is 4. The summed E-state index contributed by atoms with van der Waals surface area (Å²) in [6.45, 7) is 0. The molecular formula is C10H8N4O4S2-2. The first kappa shape index (κ1) is 15.6. The lowest BCUT2D eigenvalue weighted by molar-refractivity contribution is -0.249. The second-order valence-corrected chi connectivity index (χ2v) is 4.10. The first-order chi connectivity index (χ1) is 9.38. The maximum absolute atomic E-state index is 10.3. The Balaban J connectivity index is 2.77. The molecule has 0 saturated carbocycles. The quantitative estimate of drug-likeness (QED) is 0.509. The zero-order valence-electron chi connectivity index (χ0n) is 9.76. The summed E-state index contributed by atoms with van der Waals surface area (Å²) in [6.07, 6.45) is -3.11. The molecule has 0 unspecified atom stereocenters. The van der Waals surface area contributed by atoms with E-state index in [9.17, 15) is 19.8 Å². The van der Waals surface area contributed by atoms with Crippen LogP contribution in [0.5, 0.6) is 0 Å². The maximum atomic E-state index is 10.3. The van der Waals surface area contributed by atoms with Gasteiger partial charge in [0.05, 0.1) is 11.4 Å². The zero-order valence-corrected chi connectivity index (χ0v) is 11.4. The molecule has 1 rings (SSSR count). The summed E-state index contributed by atoms with van der Waals surface area (Å²) in [7, 11) is 0. The lowest BCUT2D eigenvalue weighted by atomic mass is 10.2. The summed E-state index contributed by atoms with van der Waals surface area (Å²) in [5.41, 5.74) is 0.766. The number of carboxylic acid groups (broad SMARTS) is 2. The van der Waals surface area contributed by atoms with E-state index >= 15 is 0 Å². The van der Waals surface area contributed by atoms with Crippen molar-refractivity contribution in [2.24, 2.45) is 0 Å². The van der Waals surface area contributed by atoms with E-state index in [2.05, 4.69) is 10.6 Å². The minimum atomic E-state index is -1.55. The van der Waals surface area contributed by atoms with Crippen molar-refractivity contribution in [2.75, 3.05) is 10.6 Å². The van der Waals surface area contributed by atoms with Crippen LogP contribution in [0.4, 0.5) is 21.0 Å². The molecular weight excluding hydrogens is 304 g/mol. The van der Waals surface area contributed by atoms with E-state index in [1.807, 2.05) is 10.6 Å². The topological polar surface area (TPSA) is 128 Å². The molecule has 1 aromatic carbocycles. The van der Waals surface area contributed by atoms with Crippen LogP contribution < -0.4 is 31.5 Å². The van der Waals surface area contributed by atoms with Crippen molar-refractivity contribution in [3.8, 4) is 0 Å². The Morgan fingerprint density at radius 2 is 1.20 bits per heavy atom. The van der Waals surface area contributed by atoms with Gasteiger partial charge < -0.3 is 41.1 Å². The van der Waals surface area contributed by atoms with Gasteiger partial charge in [-0.15, -0.1) is 0 Å². The Kier molecular flexibility index (Phi) is 5.62. The lowest BCUT2D eigenvalue weighted by Gasteiger charge is -2.16. The fourth-order valence-corrected chi connectivity index (χ4v) is 1.58. The average Bonchev–Trinajstić information content (AvgIpc) is 2.29. The van der Waals surface area contributed by atoms with Crippen molar-refractivity contribution in [1.29, 1.82) is 0 Å². The predicted octanol–water partition coefficient (Wildman–Crippen LogP) is -1.05. The largest absolute Gasteiger partial charge is 0.530 e. The van der Waals surface area contributed by atoms with E-state index in [1.165, 1.54) is 0 Å². The number of carbonyl (C=O) groups excluding carboxylic acids is 2. The van der Waals surface area contributed by atoms with Crippen molar-refractivity contribution in [1.82, 2.24) is 10.6 Å². The number of carbonyl (C=O) groups is 2. The summed E-state index contributed by atoms with van der Waals surface area (Å²) in [5, 5.41) is 29.1. The van der Waals surface area contributed by atoms with Crippen LogP contribution >= 0.6 is 24.4 Å². The standard InChI is InChI=1S/C10H10N4O4S2/c15-9(16)13-7(19)11-5-3-1-2-4-6(5)12-8(20)14-10(17)18/h1-4H,(H,15,16)(H,17,18)(H2,11,13,19)(H2,12,14,20)/p-2. The second-order valence-electron chi connectivity index (χ2n) is 3.28. The fourth-order valence-electron chi connectivity index (χ4n) is 1.19. The molecule has 0 aromatic heterocycles. The van der Waals surface area contributed by atoms with Crippen LogP contribution in [0.2, 0.25) is 0 Å². The van der Waals surface area contributed by atoms with Crippen LogP contribution in [-0.2, 0) is 0 Å². The van der Waals surface area contributed by atoms with E-state index in [-0.39, 0.29) is 10.2 Å². The Labute approximate surface area is 124 Å². The number of thiocarbonyl (C=S) groups is 2. The summed E-state index contributed by atoms with van der Waals surface area (Å²) in [6, 6.07) is 6.47. The third-order valence-corrected chi connectivity index (χ3v) is 2.26. The van der Waals surface area contributed by atoms with Gasteiger partial charge in [0.15, 0.2) is 10.2 Å². The molecule has 0 saturated heterocycles. The van der Waals surface area contributed by atoms with Gasteiger partial charge in [0.2, 0.25) is 0 Å². The number of nitrogens with one attached hydrogen (secondary N) is 4. The number of rotatable bonds is 2. The number of anilines is 2. The number of benzene rings is 1. The molecule has 106 valence electrons. The number of hydrogen-bond acceptors (Lipinski definition) is 6. The van der Waals surface area contributed by atoms with Gasteiger partial charge in [-0.05, 0) is 36.6 Å². The van der Waals surface area contributed by atoms with E-state index < -0.39 is 12.2 Å². The van der Waals surface area contributed by atoms with Gasteiger partial charge >= 0.3 is 0 Å². The SMILES string of the molecule is O=C([O-])NC(=S)Nc1ccccc1NC(=S)NC(=O)[O-]. The molecule has 0 bridgehead atoms. The Morgan fingerprint density at radius 3 is 1.50 bits per heavy atom. The van der Waals surface area contributed by atoms with Gasteiger partial charge in [-0.3, -0.25) is 0 Å². The van der Waals surface area contributed by atoms with Crippen LogP contribution in [0.15, 0.2) is 24.3 Å². The molecule has 4 N–H and O–H groups in total. The highest BCUT2D eigenvalue weighted by Crippen LogP contribution is 2.20. The maximum Gasteiger partial charge on any atom is 0.176 e.